The molecule has 0 atom stereocenters. The highest BCUT2D eigenvalue weighted by atomic mass is 32.2. The molecule has 2 heterocycles. The van der Waals surface area contributed by atoms with Gasteiger partial charge in [0.05, 0.1) is 10.5 Å². The molecule has 1 fully saturated rings. The van der Waals surface area contributed by atoms with Crippen LogP contribution < -0.4 is 5.32 Å². The van der Waals surface area contributed by atoms with Crippen LogP contribution in [0.2, 0.25) is 0 Å². The molecule has 1 aromatic heterocycles. The van der Waals surface area contributed by atoms with E-state index in [4.69, 9.17) is 5.11 Å². The number of hydrogen-bond acceptors (Lipinski definition) is 5. The highest BCUT2D eigenvalue weighted by molar-refractivity contribution is 8.18. The first kappa shape index (κ1) is 23.1. The van der Waals surface area contributed by atoms with Crippen molar-refractivity contribution < 1.29 is 24.3 Å². The fraction of sp³-hybridized carbons (Fsp3) is 0.120. The maximum Gasteiger partial charge on any atom is 0.335 e. The average molecular weight is 476 g/mol. The zero-order valence-electron chi connectivity index (χ0n) is 18.4. The van der Waals surface area contributed by atoms with Crippen LogP contribution in [0.3, 0.4) is 0 Å². The second kappa shape index (κ2) is 9.40. The van der Waals surface area contributed by atoms with Crippen LogP contribution >= 0.6 is 11.8 Å². The molecule has 1 saturated heterocycles. The molecule has 0 unspecified atom stereocenters. The zero-order chi connectivity index (χ0) is 24.4. The van der Waals surface area contributed by atoms with Gasteiger partial charge < -0.3 is 15.0 Å². The van der Waals surface area contributed by atoms with Crippen molar-refractivity contribution in [3.05, 3.63) is 88.1 Å². The van der Waals surface area contributed by atoms with Gasteiger partial charge in [-0.15, -0.1) is 0 Å². The third kappa shape index (κ3) is 4.79. The molecule has 2 N–H and O–H groups in total. The Hall–Kier alpha value is -4.11. The fourth-order valence-electron chi connectivity index (χ4n) is 3.45. The van der Waals surface area contributed by atoms with E-state index >= 15 is 0 Å². The largest absolute Gasteiger partial charge is 0.478 e. The van der Waals surface area contributed by atoms with Gasteiger partial charge in [0.2, 0.25) is 5.91 Å². The number of rotatable bonds is 6. The normalized spacial score (nSPS) is 14.6. The van der Waals surface area contributed by atoms with Gasteiger partial charge >= 0.3 is 5.97 Å². The molecule has 2 aromatic carbocycles. The first-order valence-electron chi connectivity index (χ1n) is 10.4. The molecule has 34 heavy (non-hydrogen) atoms. The molecule has 8 nitrogen and oxygen atoms in total. The van der Waals surface area contributed by atoms with Gasteiger partial charge in [-0.25, -0.2) is 4.79 Å². The van der Waals surface area contributed by atoms with Crippen LogP contribution in [-0.4, -0.2) is 44.1 Å². The predicted octanol–water partition coefficient (Wildman–Crippen LogP) is 4.47. The lowest BCUT2D eigenvalue weighted by atomic mass is 10.1. The van der Waals surface area contributed by atoms with Crippen LogP contribution in [-0.2, 0) is 9.59 Å². The lowest BCUT2D eigenvalue weighted by Gasteiger charge is -2.13. The number of carboxylic acids is 1. The molecule has 4 rings (SSSR count). The molecule has 0 radical (unpaired) electrons. The van der Waals surface area contributed by atoms with E-state index in [-0.39, 0.29) is 17.0 Å². The standard InChI is InChI=1S/C25H21N3O5S/c1-15-5-8-18(12-16(15)2)26-22(29)14-28-23(30)21(34-25(28)33)13-20-4-3-11-27(20)19-9-6-17(7-10-19)24(31)32/h3-13H,14H2,1-2H3,(H,26,29)(H,31,32). The maximum atomic E-state index is 12.9. The second-order valence-electron chi connectivity index (χ2n) is 7.77. The minimum Gasteiger partial charge on any atom is -0.478 e. The number of carboxylic acid groups (broad SMARTS) is 1. The molecule has 172 valence electrons. The number of nitrogens with one attached hydrogen (secondary N) is 1. The fourth-order valence-corrected chi connectivity index (χ4v) is 4.27. The van der Waals surface area contributed by atoms with E-state index in [1.54, 1.807) is 47.2 Å². The molecule has 0 aliphatic carbocycles. The summed E-state index contributed by atoms with van der Waals surface area (Å²) in [5.41, 5.74) is 4.21. The van der Waals surface area contributed by atoms with Crippen LogP contribution in [0, 0.1) is 13.8 Å². The average Bonchev–Trinajstić information content (AvgIpc) is 3.36. The van der Waals surface area contributed by atoms with E-state index in [0.29, 0.717) is 17.1 Å². The maximum absolute atomic E-state index is 12.9. The van der Waals surface area contributed by atoms with Crippen molar-refractivity contribution in [1.29, 1.82) is 0 Å². The summed E-state index contributed by atoms with van der Waals surface area (Å²) >= 11 is 0.770. The van der Waals surface area contributed by atoms with Crippen LogP contribution in [0.4, 0.5) is 10.5 Å². The van der Waals surface area contributed by atoms with E-state index in [2.05, 4.69) is 5.32 Å². The number of amides is 3. The number of aromatic nitrogens is 1. The van der Waals surface area contributed by atoms with Gasteiger partial charge in [0.15, 0.2) is 0 Å². The number of aromatic carboxylic acids is 1. The van der Waals surface area contributed by atoms with Crippen LogP contribution in [0.5, 0.6) is 0 Å². The van der Waals surface area contributed by atoms with Gasteiger partial charge in [0, 0.05) is 23.3 Å². The van der Waals surface area contributed by atoms with Crippen molar-refractivity contribution in [2.45, 2.75) is 13.8 Å². The summed E-state index contributed by atoms with van der Waals surface area (Å²) in [5, 5.41) is 11.3. The predicted molar refractivity (Wildman–Crippen MR) is 130 cm³/mol. The smallest absolute Gasteiger partial charge is 0.335 e. The molecular weight excluding hydrogens is 454 g/mol. The van der Waals surface area contributed by atoms with Crippen molar-refractivity contribution in [1.82, 2.24) is 9.47 Å². The first-order valence-corrected chi connectivity index (χ1v) is 11.2. The van der Waals surface area contributed by atoms with E-state index < -0.39 is 23.0 Å². The van der Waals surface area contributed by atoms with E-state index in [1.807, 2.05) is 26.0 Å². The van der Waals surface area contributed by atoms with E-state index in [9.17, 15) is 19.2 Å². The first-order chi connectivity index (χ1) is 16.2. The number of anilines is 1. The van der Waals surface area contributed by atoms with Crippen molar-refractivity contribution >= 4 is 46.5 Å². The SMILES string of the molecule is Cc1ccc(NC(=O)CN2C(=O)SC(=Cc3cccn3-c3ccc(C(=O)O)cc3)C2=O)cc1C. The van der Waals surface area contributed by atoms with Crippen molar-refractivity contribution in [2.24, 2.45) is 0 Å². The highest BCUT2D eigenvalue weighted by Crippen LogP contribution is 2.32. The molecule has 0 saturated carbocycles. The summed E-state index contributed by atoms with van der Waals surface area (Å²) < 4.78 is 1.77. The van der Waals surface area contributed by atoms with E-state index in [0.717, 1.165) is 27.8 Å². The Morgan fingerprint density at radius 1 is 1.03 bits per heavy atom. The third-order valence-electron chi connectivity index (χ3n) is 5.42. The summed E-state index contributed by atoms with van der Waals surface area (Å²) in [6.45, 7) is 3.52. The minimum absolute atomic E-state index is 0.164. The van der Waals surface area contributed by atoms with Gasteiger partial charge in [0.1, 0.15) is 6.54 Å². The van der Waals surface area contributed by atoms with Gasteiger partial charge in [-0.2, -0.15) is 0 Å². The molecule has 0 spiro atoms. The molecule has 0 bridgehead atoms. The number of hydrogen-bond donors (Lipinski definition) is 2. The summed E-state index contributed by atoms with van der Waals surface area (Å²) in [5.74, 6) is -2.03. The van der Waals surface area contributed by atoms with Crippen LogP contribution in [0.25, 0.3) is 11.8 Å². The van der Waals surface area contributed by atoms with E-state index in [1.165, 1.54) is 12.1 Å². The molecule has 1 aliphatic heterocycles. The second-order valence-corrected chi connectivity index (χ2v) is 8.76. The quantitative estimate of drug-likeness (QED) is 0.510. The summed E-state index contributed by atoms with van der Waals surface area (Å²) in [4.78, 5) is 50.0. The van der Waals surface area contributed by atoms with Gasteiger partial charge in [0.25, 0.3) is 11.1 Å². The molecule has 9 heteroatoms. The van der Waals surface area contributed by atoms with Crippen molar-refractivity contribution in [2.75, 3.05) is 11.9 Å². The number of imide groups is 1. The van der Waals surface area contributed by atoms with Crippen LogP contribution in [0.15, 0.2) is 65.7 Å². The molecule has 3 amide bonds. The number of thioether (sulfide) groups is 1. The zero-order valence-corrected chi connectivity index (χ0v) is 19.3. The number of aryl methyl sites for hydroxylation is 2. The number of benzene rings is 2. The van der Waals surface area contributed by atoms with Crippen molar-refractivity contribution in [3.8, 4) is 5.69 Å². The van der Waals surface area contributed by atoms with Gasteiger partial charge in [-0.1, -0.05) is 6.07 Å². The van der Waals surface area contributed by atoms with Gasteiger partial charge in [-0.05, 0) is 91.3 Å². The topological polar surface area (TPSA) is 109 Å². The molecule has 1 aliphatic rings. The monoisotopic (exact) mass is 475 g/mol. The Bertz CT molecular complexity index is 1340. The Morgan fingerprint density at radius 2 is 1.76 bits per heavy atom. The molecule has 3 aromatic rings. The third-order valence-corrected chi connectivity index (χ3v) is 6.33. The Morgan fingerprint density at radius 3 is 2.44 bits per heavy atom. The Balaban J connectivity index is 1.49. The number of carbonyl (C=O) groups excluding carboxylic acids is 3. The summed E-state index contributed by atoms with van der Waals surface area (Å²) in [6.07, 6.45) is 3.35. The lowest BCUT2D eigenvalue weighted by Crippen LogP contribution is -2.36. The lowest BCUT2D eigenvalue weighted by molar-refractivity contribution is -0.127. The Kier molecular flexibility index (Phi) is 6.38. The summed E-state index contributed by atoms with van der Waals surface area (Å²) in [7, 11) is 0. The van der Waals surface area contributed by atoms with Gasteiger partial charge in [-0.3, -0.25) is 19.3 Å². The summed E-state index contributed by atoms with van der Waals surface area (Å²) in [6, 6.07) is 15.3. The number of carbonyl (C=O) groups is 4. The molecular formula is C25H21N3O5S. The number of nitrogens with zero attached hydrogens (tertiary/aromatic N) is 2. The Labute approximate surface area is 199 Å². The minimum atomic E-state index is -1.02. The highest BCUT2D eigenvalue weighted by Gasteiger charge is 2.36. The van der Waals surface area contributed by atoms with Crippen molar-refractivity contribution in [3.63, 3.8) is 0 Å². The van der Waals surface area contributed by atoms with Crippen LogP contribution in [0.1, 0.15) is 27.2 Å².